The number of hydrogen-bond donors (Lipinski definition) is 0. The van der Waals surface area contributed by atoms with Crippen LogP contribution in [0.3, 0.4) is 0 Å². The summed E-state index contributed by atoms with van der Waals surface area (Å²) in [6.07, 6.45) is 1.19. The Morgan fingerprint density at radius 3 is 2.25 bits per heavy atom. The van der Waals surface area contributed by atoms with Gasteiger partial charge in [-0.25, -0.2) is 8.42 Å². The van der Waals surface area contributed by atoms with Crippen molar-refractivity contribution in [3.8, 4) is 0 Å². The van der Waals surface area contributed by atoms with Gasteiger partial charge in [0.25, 0.3) is 0 Å². The number of rotatable bonds is 5. The average molecular weight is 193 g/mol. The molecule has 0 aromatic carbocycles. The first-order valence-corrected chi connectivity index (χ1v) is 5.73. The van der Waals surface area contributed by atoms with Gasteiger partial charge in [0.05, 0.1) is 12.3 Å². The molecule has 0 atom stereocenters. The molecule has 0 heterocycles. The molecule has 4 nitrogen and oxygen atoms in total. The molecule has 0 aromatic rings. The van der Waals surface area contributed by atoms with Crippen molar-refractivity contribution in [2.75, 3.05) is 32.1 Å². The lowest BCUT2D eigenvalue weighted by Gasteiger charge is -2.12. The van der Waals surface area contributed by atoms with Crippen LogP contribution >= 0.6 is 0 Å². The smallest absolute Gasteiger partial charge is 0.148 e. The topological polar surface area (TPSA) is 54.5 Å². The van der Waals surface area contributed by atoms with Crippen LogP contribution < -0.4 is 0 Å². The molecule has 0 radical (unpaired) electrons. The molecule has 12 heavy (non-hydrogen) atoms. The van der Waals surface area contributed by atoms with Gasteiger partial charge in [0, 0.05) is 12.8 Å². The molecular formula is C7H15NO3S. The van der Waals surface area contributed by atoms with Crippen molar-refractivity contribution in [1.29, 1.82) is 0 Å². The lowest BCUT2D eigenvalue weighted by molar-refractivity contribution is -0.117. The third kappa shape index (κ3) is 7.68. The SMILES string of the molecule is CC(=O)CN(C)CCS(C)(=O)=O. The zero-order valence-electron chi connectivity index (χ0n) is 7.70. The molecule has 0 bridgehead atoms. The van der Waals surface area contributed by atoms with E-state index in [0.717, 1.165) is 0 Å². The van der Waals surface area contributed by atoms with Crippen LogP contribution in [0, 0.1) is 0 Å². The third-order valence-corrected chi connectivity index (χ3v) is 2.26. The summed E-state index contributed by atoms with van der Waals surface area (Å²) in [6, 6.07) is 0. The molecular weight excluding hydrogens is 178 g/mol. The summed E-state index contributed by atoms with van der Waals surface area (Å²) in [6.45, 7) is 2.21. The first kappa shape index (κ1) is 11.6. The van der Waals surface area contributed by atoms with E-state index in [0.29, 0.717) is 13.1 Å². The van der Waals surface area contributed by atoms with Crippen molar-refractivity contribution in [3.63, 3.8) is 0 Å². The maximum atomic E-state index is 10.7. The minimum atomic E-state index is -2.91. The largest absolute Gasteiger partial charge is 0.299 e. The second-order valence-corrected chi connectivity index (χ2v) is 5.33. The van der Waals surface area contributed by atoms with Gasteiger partial charge in [-0.15, -0.1) is 0 Å². The van der Waals surface area contributed by atoms with Crippen LogP contribution in [0.1, 0.15) is 6.92 Å². The van der Waals surface area contributed by atoms with Gasteiger partial charge in [-0.1, -0.05) is 0 Å². The van der Waals surface area contributed by atoms with Crippen molar-refractivity contribution in [2.45, 2.75) is 6.92 Å². The van der Waals surface area contributed by atoms with Gasteiger partial charge in [0.15, 0.2) is 0 Å². The van der Waals surface area contributed by atoms with Crippen LogP contribution in [-0.4, -0.2) is 51.2 Å². The summed E-state index contributed by atoms with van der Waals surface area (Å²) in [7, 11) is -1.18. The standard InChI is InChI=1S/C7H15NO3S/c1-7(9)6-8(2)4-5-12(3,10)11/h4-6H2,1-3H3. The van der Waals surface area contributed by atoms with Gasteiger partial charge in [-0.2, -0.15) is 0 Å². The number of carbonyl (C=O) groups is 1. The maximum Gasteiger partial charge on any atom is 0.148 e. The maximum absolute atomic E-state index is 10.7. The molecule has 0 amide bonds. The molecule has 0 aliphatic rings. The average Bonchev–Trinajstić information content (AvgIpc) is 1.80. The van der Waals surface area contributed by atoms with Crippen molar-refractivity contribution in [1.82, 2.24) is 4.90 Å². The van der Waals surface area contributed by atoms with Gasteiger partial charge in [-0.05, 0) is 14.0 Å². The number of likely N-dealkylation sites (N-methyl/N-ethyl adjacent to an activating group) is 1. The predicted molar refractivity (Wildman–Crippen MR) is 47.9 cm³/mol. The van der Waals surface area contributed by atoms with Crippen molar-refractivity contribution < 1.29 is 13.2 Å². The molecule has 0 aliphatic heterocycles. The number of hydrogen-bond acceptors (Lipinski definition) is 4. The molecule has 0 aliphatic carbocycles. The van der Waals surface area contributed by atoms with Gasteiger partial charge in [0.1, 0.15) is 15.6 Å². The Kier molecular flexibility index (Phi) is 4.41. The molecule has 5 heteroatoms. The summed E-state index contributed by atoms with van der Waals surface area (Å²) in [5.74, 6) is 0.155. The molecule has 0 spiro atoms. The van der Waals surface area contributed by atoms with Crippen molar-refractivity contribution >= 4 is 15.6 Å². The minimum Gasteiger partial charge on any atom is -0.299 e. The summed E-state index contributed by atoms with van der Waals surface area (Å²) in [4.78, 5) is 12.3. The first-order chi connectivity index (χ1) is 5.31. The van der Waals surface area contributed by atoms with Crippen molar-refractivity contribution in [2.24, 2.45) is 0 Å². The van der Waals surface area contributed by atoms with E-state index < -0.39 is 9.84 Å². The quantitative estimate of drug-likeness (QED) is 0.593. The zero-order valence-corrected chi connectivity index (χ0v) is 8.52. The van der Waals surface area contributed by atoms with E-state index >= 15 is 0 Å². The highest BCUT2D eigenvalue weighted by atomic mass is 32.2. The Labute approximate surface area is 73.5 Å². The Hall–Kier alpha value is -0.420. The van der Waals surface area contributed by atoms with E-state index in [1.165, 1.54) is 13.2 Å². The predicted octanol–water partition coefficient (Wildman–Crippen LogP) is -0.448. The fraction of sp³-hybridized carbons (Fsp3) is 0.857. The van der Waals surface area contributed by atoms with Crippen molar-refractivity contribution in [3.05, 3.63) is 0 Å². The van der Waals surface area contributed by atoms with E-state index in [9.17, 15) is 13.2 Å². The van der Waals surface area contributed by atoms with Gasteiger partial charge in [0.2, 0.25) is 0 Å². The number of ketones is 1. The Morgan fingerprint density at radius 1 is 1.42 bits per heavy atom. The number of nitrogens with zero attached hydrogens (tertiary/aromatic N) is 1. The van der Waals surface area contributed by atoms with E-state index in [1.54, 1.807) is 11.9 Å². The Morgan fingerprint density at radius 2 is 1.92 bits per heavy atom. The van der Waals surface area contributed by atoms with Gasteiger partial charge in [-0.3, -0.25) is 9.69 Å². The van der Waals surface area contributed by atoms with Crippen LogP contribution in [0.25, 0.3) is 0 Å². The fourth-order valence-electron chi connectivity index (χ4n) is 0.781. The van der Waals surface area contributed by atoms with Gasteiger partial charge < -0.3 is 0 Å². The lowest BCUT2D eigenvalue weighted by atomic mass is 10.4. The summed E-state index contributed by atoms with van der Waals surface area (Å²) < 4.78 is 21.4. The van der Waals surface area contributed by atoms with Crippen LogP contribution in [0.15, 0.2) is 0 Å². The summed E-state index contributed by atoms with van der Waals surface area (Å²) in [5, 5.41) is 0. The number of Topliss-reactive ketones (excluding diaryl/α,β-unsaturated/α-hetero) is 1. The highest BCUT2D eigenvalue weighted by molar-refractivity contribution is 7.90. The van der Waals surface area contributed by atoms with E-state index in [-0.39, 0.29) is 11.5 Å². The second kappa shape index (κ2) is 4.57. The monoisotopic (exact) mass is 193 g/mol. The number of sulfone groups is 1. The van der Waals surface area contributed by atoms with Gasteiger partial charge >= 0.3 is 0 Å². The van der Waals surface area contributed by atoms with E-state index in [4.69, 9.17) is 0 Å². The number of carbonyl (C=O) groups excluding carboxylic acids is 1. The molecule has 0 unspecified atom stereocenters. The lowest BCUT2D eigenvalue weighted by Crippen LogP contribution is -2.29. The summed E-state index contributed by atoms with van der Waals surface area (Å²) >= 11 is 0. The Balaban J connectivity index is 3.72. The molecule has 72 valence electrons. The van der Waals surface area contributed by atoms with Crippen LogP contribution in [0.4, 0.5) is 0 Å². The highest BCUT2D eigenvalue weighted by Gasteiger charge is 2.06. The minimum absolute atomic E-state index is 0.0472. The normalized spacial score (nSPS) is 12.0. The molecule has 0 saturated heterocycles. The first-order valence-electron chi connectivity index (χ1n) is 3.67. The fourth-order valence-corrected chi connectivity index (χ4v) is 1.42. The van der Waals surface area contributed by atoms with E-state index in [1.807, 2.05) is 0 Å². The molecule has 0 fully saturated rings. The molecule has 0 saturated carbocycles. The molecule has 0 rings (SSSR count). The Bertz CT molecular complexity index is 245. The van der Waals surface area contributed by atoms with Crippen LogP contribution in [0.2, 0.25) is 0 Å². The third-order valence-electron chi connectivity index (χ3n) is 1.34. The second-order valence-electron chi connectivity index (χ2n) is 3.07. The zero-order chi connectivity index (χ0) is 9.78. The summed E-state index contributed by atoms with van der Waals surface area (Å²) in [5.41, 5.74) is 0. The molecule has 0 aromatic heterocycles. The van der Waals surface area contributed by atoms with Crippen LogP contribution in [-0.2, 0) is 14.6 Å². The van der Waals surface area contributed by atoms with E-state index in [2.05, 4.69) is 0 Å². The molecule has 0 N–H and O–H groups in total. The van der Waals surface area contributed by atoms with Crippen LogP contribution in [0.5, 0.6) is 0 Å². The highest BCUT2D eigenvalue weighted by Crippen LogP contribution is 1.87.